The van der Waals surface area contributed by atoms with Crippen LogP contribution < -0.4 is 10.5 Å². The molecule has 6 nitrogen and oxygen atoms in total. The molecule has 1 amide bonds. The number of amides is 1. The molecule has 0 radical (unpaired) electrons. The lowest BCUT2D eigenvalue weighted by molar-refractivity contribution is -0.132. The molecule has 2 rings (SSSR count). The predicted octanol–water partition coefficient (Wildman–Crippen LogP) is 1.08. The van der Waals surface area contributed by atoms with Crippen LogP contribution in [0.2, 0.25) is 0 Å². The van der Waals surface area contributed by atoms with E-state index < -0.39 is 20.7 Å². The van der Waals surface area contributed by atoms with Crippen LogP contribution in [-0.4, -0.2) is 44.9 Å². The van der Waals surface area contributed by atoms with Gasteiger partial charge in [-0.15, -0.1) is 0 Å². The lowest BCUT2D eigenvalue weighted by Crippen LogP contribution is -2.45. The summed E-state index contributed by atoms with van der Waals surface area (Å²) in [5.74, 6) is -0.651. The van der Waals surface area contributed by atoms with E-state index in [1.807, 2.05) is 6.92 Å². The average Bonchev–Trinajstić information content (AvgIpc) is 2.55. The Morgan fingerprint density at radius 1 is 1.46 bits per heavy atom. The van der Waals surface area contributed by atoms with E-state index in [1.165, 1.54) is 18.2 Å². The zero-order valence-corrected chi connectivity index (χ0v) is 14.6. The molecule has 0 bridgehead atoms. The highest BCUT2D eigenvalue weighted by Crippen LogP contribution is 2.19. The Hall–Kier alpha value is -1.51. The molecule has 0 spiro atoms. The Morgan fingerprint density at radius 3 is 2.83 bits per heavy atom. The van der Waals surface area contributed by atoms with Gasteiger partial charge in [0, 0.05) is 32.1 Å². The van der Waals surface area contributed by atoms with Crippen LogP contribution in [0.15, 0.2) is 29.2 Å². The fraction of sp³-hybridized carbons (Fsp3) is 0.562. The number of benzene rings is 1. The van der Waals surface area contributed by atoms with Crippen LogP contribution in [0.5, 0.6) is 0 Å². The van der Waals surface area contributed by atoms with Crippen molar-refractivity contribution in [3.8, 4) is 0 Å². The molecule has 8 heteroatoms. The van der Waals surface area contributed by atoms with Crippen molar-refractivity contribution in [2.24, 2.45) is 11.7 Å². The molecule has 134 valence electrons. The molecule has 1 heterocycles. The summed E-state index contributed by atoms with van der Waals surface area (Å²) in [7, 11) is -3.96. The molecule has 2 atom stereocenters. The van der Waals surface area contributed by atoms with E-state index in [-0.39, 0.29) is 30.8 Å². The molecular weight excluding hydrogens is 333 g/mol. The average molecular weight is 357 g/mol. The molecule has 1 saturated heterocycles. The Morgan fingerprint density at radius 2 is 2.17 bits per heavy atom. The summed E-state index contributed by atoms with van der Waals surface area (Å²) in [5.41, 5.74) is 5.90. The molecule has 1 aliphatic rings. The van der Waals surface area contributed by atoms with Crippen LogP contribution in [-0.2, 0) is 14.8 Å². The highest BCUT2D eigenvalue weighted by molar-refractivity contribution is 7.89. The molecule has 0 saturated carbocycles. The zero-order valence-electron chi connectivity index (χ0n) is 13.7. The largest absolute Gasteiger partial charge is 0.342 e. The maximum atomic E-state index is 13.6. The first kappa shape index (κ1) is 18.8. The first-order chi connectivity index (χ1) is 11.3. The number of carbonyl (C=O) groups excluding carboxylic acids is 1. The summed E-state index contributed by atoms with van der Waals surface area (Å²) in [6.07, 6.45) is 1.94. The number of nitrogens with zero attached hydrogens (tertiary/aromatic N) is 1. The van der Waals surface area contributed by atoms with Crippen molar-refractivity contribution in [1.82, 2.24) is 9.62 Å². The van der Waals surface area contributed by atoms with Crippen molar-refractivity contribution in [3.63, 3.8) is 0 Å². The molecular formula is C16H24FN3O3S. The second-order valence-electron chi connectivity index (χ2n) is 6.18. The summed E-state index contributed by atoms with van der Waals surface area (Å²) in [6, 6.07) is 5.17. The van der Waals surface area contributed by atoms with E-state index in [1.54, 1.807) is 4.90 Å². The SMILES string of the molecule is CC(N)C1CCCN(C(=O)CCNS(=O)(=O)c2ccccc2F)C1. The molecule has 1 aromatic carbocycles. The van der Waals surface area contributed by atoms with Crippen molar-refractivity contribution in [1.29, 1.82) is 0 Å². The van der Waals surface area contributed by atoms with Crippen molar-refractivity contribution >= 4 is 15.9 Å². The number of nitrogens with two attached hydrogens (primary N) is 1. The highest BCUT2D eigenvalue weighted by Gasteiger charge is 2.26. The summed E-state index contributed by atoms with van der Waals surface area (Å²) in [4.78, 5) is 13.6. The maximum absolute atomic E-state index is 13.6. The van der Waals surface area contributed by atoms with Gasteiger partial charge in [-0.3, -0.25) is 4.79 Å². The van der Waals surface area contributed by atoms with E-state index in [0.717, 1.165) is 18.9 Å². The third kappa shape index (κ3) is 4.75. The molecule has 1 fully saturated rings. The van der Waals surface area contributed by atoms with E-state index >= 15 is 0 Å². The summed E-state index contributed by atoms with van der Waals surface area (Å²) in [5, 5.41) is 0. The first-order valence-corrected chi connectivity index (χ1v) is 9.57. The van der Waals surface area contributed by atoms with Crippen LogP contribution in [0.4, 0.5) is 4.39 Å². The van der Waals surface area contributed by atoms with E-state index in [0.29, 0.717) is 13.1 Å². The Labute approximate surface area is 142 Å². The number of likely N-dealkylation sites (tertiary alicyclic amines) is 1. The minimum Gasteiger partial charge on any atom is -0.342 e. The van der Waals surface area contributed by atoms with E-state index in [4.69, 9.17) is 5.73 Å². The van der Waals surface area contributed by atoms with Crippen LogP contribution in [0, 0.1) is 11.7 Å². The van der Waals surface area contributed by atoms with Gasteiger partial charge in [-0.05, 0) is 37.8 Å². The van der Waals surface area contributed by atoms with Gasteiger partial charge in [0.05, 0.1) is 0 Å². The van der Waals surface area contributed by atoms with Gasteiger partial charge < -0.3 is 10.6 Å². The van der Waals surface area contributed by atoms with E-state index in [9.17, 15) is 17.6 Å². The minimum absolute atomic E-state index is 0.0279. The van der Waals surface area contributed by atoms with Gasteiger partial charge in [-0.2, -0.15) is 0 Å². The monoisotopic (exact) mass is 357 g/mol. The standard InChI is InChI=1S/C16H24FN3O3S/c1-12(18)13-5-4-10-20(11-13)16(21)8-9-19-24(22,23)15-7-3-2-6-14(15)17/h2-3,6-7,12-13,19H,4-5,8-11,18H2,1H3. The summed E-state index contributed by atoms with van der Waals surface area (Å²) in [6.45, 7) is 3.15. The summed E-state index contributed by atoms with van der Waals surface area (Å²) >= 11 is 0. The number of sulfonamides is 1. The molecule has 0 aliphatic carbocycles. The second-order valence-corrected chi connectivity index (χ2v) is 7.91. The van der Waals surface area contributed by atoms with Crippen LogP contribution >= 0.6 is 0 Å². The van der Waals surface area contributed by atoms with Crippen LogP contribution in [0.25, 0.3) is 0 Å². The topological polar surface area (TPSA) is 92.5 Å². The van der Waals surface area contributed by atoms with Crippen molar-refractivity contribution in [2.75, 3.05) is 19.6 Å². The van der Waals surface area contributed by atoms with Gasteiger partial charge in [0.1, 0.15) is 10.7 Å². The molecule has 1 aliphatic heterocycles. The third-order valence-corrected chi connectivity index (χ3v) is 5.81. The van der Waals surface area contributed by atoms with Gasteiger partial charge >= 0.3 is 0 Å². The Bertz CT molecular complexity index is 679. The second kappa shape index (κ2) is 8.04. The molecule has 24 heavy (non-hydrogen) atoms. The third-order valence-electron chi connectivity index (χ3n) is 4.31. The number of hydrogen-bond donors (Lipinski definition) is 2. The molecule has 0 aromatic heterocycles. The molecule has 2 unspecified atom stereocenters. The number of carbonyl (C=O) groups is 1. The molecule has 3 N–H and O–H groups in total. The van der Waals surface area contributed by atoms with Gasteiger partial charge in [-0.25, -0.2) is 17.5 Å². The highest BCUT2D eigenvalue weighted by atomic mass is 32.2. The number of piperidine rings is 1. The smallest absolute Gasteiger partial charge is 0.243 e. The zero-order chi connectivity index (χ0) is 17.7. The number of hydrogen-bond acceptors (Lipinski definition) is 4. The predicted molar refractivity (Wildman–Crippen MR) is 89.2 cm³/mol. The first-order valence-electron chi connectivity index (χ1n) is 8.09. The van der Waals surface area contributed by atoms with Crippen LogP contribution in [0.3, 0.4) is 0 Å². The number of halogens is 1. The number of rotatable bonds is 6. The fourth-order valence-electron chi connectivity index (χ4n) is 2.86. The quantitative estimate of drug-likeness (QED) is 0.797. The lowest BCUT2D eigenvalue weighted by atomic mass is 9.92. The van der Waals surface area contributed by atoms with Gasteiger partial charge in [0.2, 0.25) is 15.9 Å². The lowest BCUT2D eigenvalue weighted by Gasteiger charge is -2.34. The summed E-state index contributed by atoms with van der Waals surface area (Å²) < 4.78 is 40.0. The van der Waals surface area contributed by atoms with Crippen molar-refractivity contribution in [2.45, 2.75) is 37.1 Å². The normalized spacial score (nSPS) is 20.0. The maximum Gasteiger partial charge on any atom is 0.243 e. The van der Waals surface area contributed by atoms with Gasteiger partial charge in [-0.1, -0.05) is 12.1 Å². The van der Waals surface area contributed by atoms with Crippen molar-refractivity contribution < 1.29 is 17.6 Å². The van der Waals surface area contributed by atoms with Crippen molar-refractivity contribution in [3.05, 3.63) is 30.1 Å². The van der Waals surface area contributed by atoms with Gasteiger partial charge in [0.25, 0.3) is 0 Å². The van der Waals surface area contributed by atoms with Crippen LogP contribution in [0.1, 0.15) is 26.2 Å². The number of nitrogens with one attached hydrogen (secondary N) is 1. The Balaban J connectivity index is 1.87. The van der Waals surface area contributed by atoms with E-state index in [2.05, 4.69) is 4.72 Å². The fourth-order valence-corrected chi connectivity index (χ4v) is 3.97. The molecule has 1 aromatic rings. The Kier molecular flexibility index (Phi) is 6.31. The minimum atomic E-state index is -3.96. The van der Waals surface area contributed by atoms with Gasteiger partial charge in [0.15, 0.2) is 0 Å².